The average Bonchev–Trinajstić information content (AvgIpc) is 2.94. The Morgan fingerprint density at radius 3 is 1.92 bits per heavy atom. The average molecular weight is 543 g/mol. The number of nitrogens with two attached hydrogens (primary N) is 2. The second-order valence-corrected chi connectivity index (χ2v) is 9.07. The third-order valence-electron chi connectivity index (χ3n) is 5.95. The number of aromatic nitrogens is 2. The zero-order valence-electron chi connectivity index (χ0n) is 20.9. The zero-order chi connectivity index (χ0) is 27.9. The Morgan fingerprint density at radius 1 is 0.846 bits per heavy atom. The Labute approximate surface area is 229 Å². The molecular weight excluding hydrogens is 516 g/mol. The van der Waals surface area contributed by atoms with E-state index < -0.39 is 11.5 Å². The van der Waals surface area contributed by atoms with E-state index in [1.54, 1.807) is 60.7 Å². The molecule has 0 fully saturated rings. The Bertz CT molecular complexity index is 1570. The van der Waals surface area contributed by atoms with Crippen LogP contribution in [0.15, 0.2) is 83.7 Å². The standard InChI is InChI=1S/C28H27ClN8O2/c29-24-23(19-4-2-1-3-5-19)37(16-22(38)34-14-17-6-10-20(11-7-17)25(30)31)28(39)27(36-24)35-15-18-8-12-21(13-9-18)26(32)33/h1-13H,14-16H2,(H3,30,31)(H3,32,33)(H,34,38)(H,35,36). The van der Waals surface area contributed by atoms with E-state index in [-0.39, 0.29) is 42.3 Å². The predicted octanol–water partition coefficient (Wildman–Crippen LogP) is 3.06. The van der Waals surface area contributed by atoms with Crippen molar-refractivity contribution in [3.8, 4) is 11.3 Å². The SMILES string of the molecule is N=C(N)c1ccc(CNC(=O)Cn2c(-c3ccccc3)c(Cl)nc(NCc3ccc(C(=N)N)cc3)c2=O)cc1. The second kappa shape index (κ2) is 12.1. The number of halogens is 1. The number of carbonyl (C=O) groups is 1. The summed E-state index contributed by atoms with van der Waals surface area (Å²) in [5, 5.41) is 20.9. The smallest absolute Gasteiger partial charge is 0.294 e. The molecule has 0 unspecified atom stereocenters. The molecule has 0 aliphatic carbocycles. The van der Waals surface area contributed by atoms with E-state index in [9.17, 15) is 9.59 Å². The lowest BCUT2D eigenvalue weighted by atomic mass is 10.1. The fourth-order valence-electron chi connectivity index (χ4n) is 3.87. The molecule has 39 heavy (non-hydrogen) atoms. The van der Waals surface area contributed by atoms with E-state index in [1.165, 1.54) is 4.57 Å². The molecule has 3 aromatic carbocycles. The molecule has 4 rings (SSSR count). The summed E-state index contributed by atoms with van der Waals surface area (Å²) >= 11 is 6.57. The van der Waals surface area contributed by atoms with Crippen molar-refractivity contribution in [1.29, 1.82) is 10.8 Å². The Kier molecular flexibility index (Phi) is 8.37. The van der Waals surface area contributed by atoms with Gasteiger partial charge in [0.1, 0.15) is 18.2 Å². The molecule has 0 aliphatic heterocycles. The predicted molar refractivity (Wildman–Crippen MR) is 153 cm³/mol. The minimum absolute atomic E-state index is 0.00273. The summed E-state index contributed by atoms with van der Waals surface area (Å²) < 4.78 is 1.31. The number of hydrogen-bond acceptors (Lipinski definition) is 6. The molecular formula is C28H27ClN8O2. The van der Waals surface area contributed by atoms with Gasteiger partial charge in [-0.25, -0.2) is 4.98 Å². The number of hydrogen-bond donors (Lipinski definition) is 6. The summed E-state index contributed by atoms with van der Waals surface area (Å²) in [6, 6.07) is 23.0. The highest BCUT2D eigenvalue weighted by molar-refractivity contribution is 6.32. The number of amidine groups is 2. The van der Waals surface area contributed by atoms with Crippen molar-refractivity contribution < 1.29 is 4.79 Å². The molecule has 1 heterocycles. The Hall–Kier alpha value is -4.96. The van der Waals surface area contributed by atoms with Crippen molar-refractivity contribution in [2.24, 2.45) is 11.5 Å². The van der Waals surface area contributed by atoms with Gasteiger partial charge in [0.2, 0.25) is 5.91 Å². The molecule has 0 spiro atoms. The van der Waals surface area contributed by atoms with Crippen molar-refractivity contribution in [1.82, 2.24) is 14.9 Å². The first-order chi connectivity index (χ1) is 18.7. The van der Waals surface area contributed by atoms with Gasteiger partial charge in [0.15, 0.2) is 11.0 Å². The van der Waals surface area contributed by atoms with E-state index in [0.717, 1.165) is 11.1 Å². The number of benzene rings is 3. The summed E-state index contributed by atoms with van der Waals surface area (Å²) in [5.41, 5.74) is 14.3. The number of nitrogen functional groups attached to an aromatic ring is 2. The van der Waals surface area contributed by atoms with Gasteiger partial charge in [0.25, 0.3) is 5.56 Å². The third kappa shape index (κ3) is 6.68. The molecule has 11 heteroatoms. The molecule has 1 aromatic heterocycles. The van der Waals surface area contributed by atoms with Crippen LogP contribution in [0.3, 0.4) is 0 Å². The highest BCUT2D eigenvalue weighted by Crippen LogP contribution is 2.26. The number of nitrogens with one attached hydrogen (secondary N) is 4. The van der Waals surface area contributed by atoms with Crippen molar-refractivity contribution in [2.75, 3.05) is 5.32 Å². The summed E-state index contributed by atoms with van der Waals surface area (Å²) in [6.07, 6.45) is 0. The molecule has 1 amide bonds. The minimum Gasteiger partial charge on any atom is -0.384 e. The third-order valence-corrected chi connectivity index (χ3v) is 6.22. The minimum atomic E-state index is -0.500. The molecule has 0 radical (unpaired) electrons. The largest absolute Gasteiger partial charge is 0.384 e. The van der Waals surface area contributed by atoms with Gasteiger partial charge in [-0.3, -0.25) is 25.0 Å². The lowest BCUT2D eigenvalue weighted by Gasteiger charge is -2.17. The van der Waals surface area contributed by atoms with Crippen LogP contribution < -0.4 is 27.7 Å². The maximum absolute atomic E-state index is 13.5. The maximum Gasteiger partial charge on any atom is 0.294 e. The highest BCUT2D eigenvalue weighted by Gasteiger charge is 2.19. The number of amides is 1. The zero-order valence-corrected chi connectivity index (χ0v) is 21.6. The lowest BCUT2D eigenvalue weighted by molar-refractivity contribution is -0.121. The fraction of sp³-hybridized carbons (Fsp3) is 0.107. The van der Waals surface area contributed by atoms with Crippen molar-refractivity contribution in [3.05, 3.63) is 117 Å². The van der Waals surface area contributed by atoms with E-state index in [1.807, 2.05) is 18.2 Å². The van der Waals surface area contributed by atoms with Gasteiger partial charge in [0.05, 0.1) is 5.69 Å². The Morgan fingerprint density at radius 2 is 1.38 bits per heavy atom. The van der Waals surface area contributed by atoms with Crippen LogP contribution in [-0.4, -0.2) is 27.1 Å². The molecule has 8 N–H and O–H groups in total. The van der Waals surface area contributed by atoms with E-state index in [0.29, 0.717) is 22.4 Å². The molecule has 0 atom stereocenters. The van der Waals surface area contributed by atoms with Gasteiger partial charge in [-0.2, -0.15) is 0 Å². The molecule has 0 aliphatic rings. The van der Waals surface area contributed by atoms with Gasteiger partial charge in [-0.15, -0.1) is 0 Å². The van der Waals surface area contributed by atoms with Gasteiger partial charge in [0, 0.05) is 29.8 Å². The highest BCUT2D eigenvalue weighted by atomic mass is 35.5. The molecule has 0 saturated heterocycles. The number of nitrogens with zero attached hydrogens (tertiary/aromatic N) is 2. The summed E-state index contributed by atoms with van der Waals surface area (Å²) in [5.74, 6) is -0.458. The van der Waals surface area contributed by atoms with Crippen LogP contribution in [0.4, 0.5) is 5.82 Å². The van der Waals surface area contributed by atoms with Gasteiger partial charge in [-0.05, 0) is 11.1 Å². The lowest BCUT2D eigenvalue weighted by Crippen LogP contribution is -2.34. The number of anilines is 1. The number of rotatable bonds is 10. The van der Waals surface area contributed by atoms with E-state index >= 15 is 0 Å². The van der Waals surface area contributed by atoms with Crippen molar-refractivity contribution in [3.63, 3.8) is 0 Å². The van der Waals surface area contributed by atoms with Crippen LogP contribution in [-0.2, 0) is 24.4 Å². The molecule has 0 bridgehead atoms. The van der Waals surface area contributed by atoms with Crippen molar-refractivity contribution >= 4 is 35.0 Å². The first-order valence-electron chi connectivity index (χ1n) is 12.0. The topological polar surface area (TPSA) is 176 Å². The van der Waals surface area contributed by atoms with Gasteiger partial charge in [-0.1, -0.05) is 90.5 Å². The van der Waals surface area contributed by atoms with Gasteiger partial charge >= 0.3 is 0 Å². The fourth-order valence-corrected chi connectivity index (χ4v) is 4.16. The molecule has 0 saturated carbocycles. The van der Waals surface area contributed by atoms with Crippen LogP contribution in [0.2, 0.25) is 5.15 Å². The molecule has 10 nitrogen and oxygen atoms in total. The van der Waals surface area contributed by atoms with E-state index in [2.05, 4.69) is 15.6 Å². The summed E-state index contributed by atoms with van der Waals surface area (Å²) in [7, 11) is 0. The van der Waals surface area contributed by atoms with Crippen LogP contribution in [0.25, 0.3) is 11.3 Å². The van der Waals surface area contributed by atoms with Crippen LogP contribution >= 0.6 is 11.6 Å². The number of carbonyl (C=O) groups excluding carboxylic acids is 1. The van der Waals surface area contributed by atoms with Crippen LogP contribution in [0.5, 0.6) is 0 Å². The van der Waals surface area contributed by atoms with Crippen LogP contribution in [0, 0.1) is 10.8 Å². The second-order valence-electron chi connectivity index (χ2n) is 8.71. The monoisotopic (exact) mass is 542 g/mol. The summed E-state index contributed by atoms with van der Waals surface area (Å²) in [4.78, 5) is 30.8. The van der Waals surface area contributed by atoms with Crippen molar-refractivity contribution in [2.45, 2.75) is 19.6 Å². The van der Waals surface area contributed by atoms with E-state index in [4.69, 9.17) is 33.9 Å². The maximum atomic E-state index is 13.5. The molecule has 4 aromatic rings. The van der Waals surface area contributed by atoms with Gasteiger partial charge < -0.3 is 22.1 Å². The first-order valence-corrected chi connectivity index (χ1v) is 12.3. The normalized spacial score (nSPS) is 10.6. The Balaban J connectivity index is 1.57. The first kappa shape index (κ1) is 27.1. The quantitative estimate of drug-likeness (QED) is 0.132. The molecule has 198 valence electrons. The van der Waals surface area contributed by atoms with Crippen LogP contribution in [0.1, 0.15) is 22.3 Å². The summed E-state index contributed by atoms with van der Waals surface area (Å²) in [6.45, 7) is 0.218.